The van der Waals surface area contributed by atoms with Crippen LogP contribution in [0.3, 0.4) is 0 Å². The number of aromatic nitrogens is 1. The average Bonchev–Trinajstić information content (AvgIpc) is 3.14. The molecule has 1 saturated heterocycles. The van der Waals surface area contributed by atoms with Gasteiger partial charge in [0.1, 0.15) is 4.88 Å². The molecule has 2 aromatic rings. The molecule has 2 heterocycles. The van der Waals surface area contributed by atoms with Gasteiger partial charge in [-0.25, -0.2) is 9.78 Å². The molecule has 0 unspecified atom stereocenters. The highest BCUT2D eigenvalue weighted by molar-refractivity contribution is 7.17. The normalized spacial score (nSPS) is 14.0. The molecule has 0 spiro atoms. The van der Waals surface area contributed by atoms with E-state index in [9.17, 15) is 9.59 Å². The molecule has 1 aromatic heterocycles. The molecule has 0 bridgehead atoms. The maximum Gasteiger partial charge on any atom is 0.409 e. The highest BCUT2D eigenvalue weighted by Crippen LogP contribution is 2.29. The van der Waals surface area contributed by atoms with Crippen molar-refractivity contribution in [2.24, 2.45) is 0 Å². The van der Waals surface area contributed by atoms with Crippen molar-refractivity contribution in [1.82, 2.24) is 9.88 Å². The van der Waals surface area contributed by atoms with Gasteiger partial charge in [-0.2, -0.15) is 0 Å². The first-order valence-corrected chi connectivity index (χ1v) is 10.4. The van der Waals surface area contributed by atoms with Gasteiger partial charge >= 0.3 is 6.09 Å². The van der Waals surface area contributed by atoms with Crippen LogP contribution >= 0.6 is 22.9 Å². The highest BCUT2D eigenvalue weighted by atomic mass is 35.5. The fraction of sp³-hybridized carbons (Fsp3) is 0.421. The van der Waals surface area contributed by atoms with Gasteiger partial charge in [0.15, 0.2) is 5.13 Å². The van der Waals surface area contributed by atoms with Gasteiger partial charge in [-0.05, 0) is 31.2 Å². The smallest absolute Gasteiger partial charge is 0.409 e. The third-order valence-corrected chi connectivity index (χ3v) is 5.76. The van der Waals surface area contributed by atoms with Crippen LogP contribution in [0.5, 0.6) is 0 Å². The monoisotopic (exact) mass is 438 g/mol. The number of rotatable bonds is 6. The lowest BCUT2D eigenvalue weighted by Gasteiger charge is -2.33. The van der Waals surface area contributed by atoms with Crippen molar-refractivity contribution in [2.75, 3.05) is 50.1 Å². The molecule has 3 rings (SSSR count). The van der Waals surface area contributed by atoms with Crippen LogP contribution < -0.4 is 10.2 Å². The Morgan fingerprint density at radius 3 is 2.52 bits per heavy atom. The lowest BCUT2D eigenvalue weighted by molar-refractivity contribution is 0.102. The van der Waals surface area contributed by atoms with Crippen LogP contribution in [0.4, 0.5) is 15.6 Å². The van der Waals surface area contributed by atoms with Gasteiger partial charge in [0.25, 0.3) is 5.91 Å². The summed E-state index contributed by atoms with van der Waals surface area (Å²) in [5.74, 6) is -0.242. The average molecular weight is 439 g/mol. The van der Waals surface area contributed by atoms with E-state index < -0.39 is 0 Å². The summed E-state index contributed by atoms with van der Waals surface area (Å²) in [6.07, 6.45) is -0.297. The molecule has 10 heteroatoms. The van der Waals surface area contributed by atoms with Crippen molar-refractivity contribution >= 4 is 45.8 Å². The van der Waals surface area contributed by atoms with Crippen LogP contribution in [0.15, 0.2) is 24.3 Å². The number of methoxy groups -OCH3 is 1. The zero-order valence-corrected chi connectivity index (χ0v) is 17.9. The predicted molar refractivity (Wildman–Crippen MR) is 113 cm³/mol. The van der Waals surface area contributed by atoms with Crippen molar-refractivity contribution in [2.45, 2.75) is 13.5 Å². The molecule has 8 nitrogen and oxygen atoms in total. The number of nitrogens with one attached hydrogen (secondary N) is 1. The van der Waals surface area contributed by atoms with Crippen molar-refractivity contribution in [3.05, 3.63) is 39.9 Å². The largest absolute Gasteiger partial charge is 0.450 e. The van der Waals surface area contributed by atoms with E-state index in [1.54, 1.807) is 43.2 Å². The minimum atomic E-state index is -0.297. The maximum atomic E-state index is 12.8. The third kappa shape index (κ3) is 5.37. The van der Waals surface area contributed by atoms with Crippen LogP contribution in [-0.2, 0) is 16.1 Å². The fourth-order valence-electron chi connectivity index (χ4n) is 2.90. The number of carbonyl (C=O) groups excluding carboxylic acids is 2. The number of hydrogen-bond acceptors (Lipinski definition) is 7. The lowest BCUT2D eigenvalue weighted by atomic mass is 10.3. The van der Waals surface area contributed by atoms with E-state index in [4.69, 9.17) is 21.1 Å². The Balaban J connectivity index is 1.70. The molecule has 1 aliphatic rings. The van der Waals surface area contributed by atoms with Gasteiger partial charge in [0.2, 0.25) is 0 Å². The first-order valence-electron chi connectivity index (χ1n) is 9.24. The van der Waals surface area contributed by atoms with E-state index in [2.05, 4.69) is 15.2 Å². The lowest BCUT2D eigenvalue weighted by Crippen LogP contribution is -2.49. The van der Waals surface area contributed by atoms with E-state index >= 15 is 0 Å². The molecule has 1 fully saturated rings. The Hall–Kier alpha value is -2.36. The number of thiazole rings is 1. The minimum absolute atomic E-state index is 0.239. The molecule has 0 radical (unpaired) electrons. The molecule has 1 aliphatic heterocycles. The molecule has 0 aliphatic carbocycles. The van der Waals surface area contributed by atoms with Crippen molar-refractivity contribution in [3.8, 4) is 0 Å². The summed E-state index contributed by atoms with van der Waals surface area (Å²) in [7, 11) is 1.57. The van der Waals surface area contributed by atoms with E-state index in [0.717, 1.165) is 5.13 Å². The van der Waals surface area contributed by atoms with Crippen molar-refractivity contribution in [1.29, 1.82) is 0 Å². The number of halogens is 1. The first-order chi connectivity index (χ1) is 14.0. The number of anilines is 2. The van der Waals surface area contributed by atoms with E-state index in [1.807, 2.05) is 0 Å². The number of hydrogen-bond donors (Lipinski definition) is 1. The zero-order chi connectivity index (χ0) is 20.8. The van der Waals surface area contributed by atoms with Crippen molar-refractivity contribution < 1.29 is 19.1 Å². The second-order valence-corrected chi connectivity index (χ2v) is 7.75. The predicted octanol–water partition coefficient (Wildman–Crippen LogP) is 3.47. The number of ether oxygens (including phenoxy) is 2. The molecule has 156 valence electrons. The van der Waals surface area contributed by atoms with Crippen LogP contribution in [0.25, 0.3) is 0 Å². The molecule has 1 aromatic carbocycles. The van der Waals surface area contributed by atoms with E-state index in [1.165, 1.54) is 11.3 Å². The maximum absolute atomic E-state index is 12.8. The zero-order valence-electron chi connectivity index (χ0n) is 16.3. The number of piperazine rings is 1. The van der Waals surface area contributed by atoms with Gasteiger partial charge in [-0.3, -0.25) is 4.79 Å². The number of benzene rings is 1. The molecule has 0 saturated carbocycles. The number of amides is 2. The fourth-order valence-corrected chi connectivity index (χ4v) is 4.04. The second kappa shape index (κ2) is 9.91. The first kappa shape index (κ1) is 21.4. The van der Waals surface area contributed by atoms with E-state index in [0.29, 0.717) is 54.1 Å². The highest BCUT2D eigenvalue weighted by Gasteiger charge is 2.26. The topological polar surface area (TPSA) is 84.0 Å². The Labute approximate surface area is 178 Å². The third-order valence-electron chi connectivity index (χ3n) is 4.35. The molecular weight excluding hydrogens is 416 g/mol. The van der Waals surface area contributed by atoms with Crippen LogP contribution in [0.2, 0.25) is 5.02 Å². The minimum Gasteiger partial charge on any atom is -0.450 e. The summed E-state index contributed by atoms with van der Waals surface area (Å²) < 4.78 is 10.3. The molecule has 0 atom stereocenters. The van der Waals surface area contributed by atoms with E-state index in [-0.39, 0.29) is 18.6 Å². The van der Waals surface area contributed by atoms with Gasteiger partial charge in [0, 0.05) is 44.0 Å². The molecular formula is C19H23ClN4O4S. The standard InChI is InChI=1S/C19H23ClN4O4S/c1-3-28-19(26)24-10-8-23(9-11-24)18-22-15(12-27-2)16(29-18)17(25)21-14-6-4-13(20)5-7-14/h4-7H,3,8-12H2,1-2H3,(H,21,25). The molecule has 29 heavy (non-hydrogen) atoms. The van der Waals surface area contributed by atoms with Gasteiger partial charge < -0.3 is 24.6 Å². The molecule has 1 N–H and O–H groups in total. The Kier molecular flexibility index (Phi) is 7.29. The van der Waals surface area contributed by atoms with Crippen LogP contribution in [0, 0.1) is 0 Å². The summed E-state index contributed by atoms with van der Waals surface area (Å²) in [5.41, 5.74) is 1.24. The Bertz CT molecular complexity index is 850. The Morgan fingerprint density at radius 2 is 1.90 bits per heavy atom. The summed E-state index contributed by atoms with van der Waals surface area (Å²) in [6.45, 7) is 4.72. The molecule has 2 amide bonds. The second-order valence-electron chi connectivity index (χ2n) is 6.34. The summed E-state index contributed by atoms with van der Waals surface area (Å²) in [6, 6.07) is 6.92. The Morgan fingerprint density at radius 1 is 1.21 bits per heavy atom. The van der Waals surface area contributed by atoms with Crippen LogP contribution in [-0.4, -0.2) is 61.8 Å². The van der Waals surface area contributed by atoms with Crippen LogP contribution in [0.1, 0.15) is 22.3 Å². The summed E-state index contributed by atoms with van der Waals surface area (Å²) in [5, 5.41) is 4.21. The van der Waals surface area contributed by atoms with Gasteiger partial charge in [-0.1, -0.05) is 22.9 Å². The number of nitrogens with zero attached hydrogens (tertiary/aromatic N) is 3. The SMILES string of the molecule is CCOC(=O)N1CCN(c2nc(COC)c(C(=O)Nc3ccc(Cl)cc3)s2)CC1. The quantitative estimate of drug-likeness (QED) is 0.743. The van der Waals surface area contributed by atoms with Gasteiger partial charge in [-0.15, -0.1) is 0 Å². The summed E-state index contributed by atoms with van der Waals surface area (Å²) >= 11 is 7.21. The summed E-state index contributed by atoms with van der Waals surface area (Å²) in [4.78, 5) is 33.5. The van der Waals surface area contributed by atoms with Crippen molar-refractivity contribution in [3.63, 3.8) is 0 Å². The number of carbonyl (C=O) groups is 2. The van der Waals surface area contributed by atoms with Gasteiger partial charge in [0.05, 0.1) is 18.9 Å².